The molecule has 0 aliphatic carbocycles. The van der Waals surface area contributed by atoms with Crippen molar-refractivity contribution in [1.82, 2.24) is 4.98 Å². The van der Waals surface area contributed by atoms with Crippen LogP contribution in [-0.4, -0.2) is 35.2 Å². The molecule has 3 nitrogen and oxygen atoms in total. The van der Waals surface area contributed by atoms with E-state index in [1.165, 1.54) is 11.1 Å². The normalized spacial score (nSPS) is 11.5. The quantitative estimate of drug-likeness (QED) is 0.613. The Balaban J connectivity index is 0.00000208. The number of aromatic hydroxyl groups is 1. The molecule has 0 bridgehead atoms. The first-order valence-electron chi connectivity index (χ1n) is 7.78. The third-order valence-electron chi connectivity index (χ3n) is 4.24. The summed E-state index contributed by atoms with van der Waals surface area (Å²) in [5.74, 6) is 0.311. The molecule has 0 radical (unpaired) electrons. The Morgan fingerprint density at radius 3 is 2.67 bits per heavy atom. The zero-order chi connectivity index (χ0) is 16.4. The van der Waals surface area contributed by atoms with Gasteiger partial charge in [-0.15, -0.1) is 0 Å². The number of benzene rings is 2. The van der Waals surface area contributed by atoms with Crippen molar-refractivity contribution in [2.24, 2.45) is 0 Å². The molecule has 5 heteroatoms. The summed E-state index contributed by atoms with van der Waals surface area (Å²) in [7, 11) is 4.46. The number of phenols is 1. The van der Waals surface area contributed by atoms with Gasteiger partial charge >= 0.3 is 0 Å². The fraction of sp³-hybridized carbons (Fsp3) is 0.263. The summed E-state index contributed by atoms with van der Waals surface area (Å²) in [6.45, 7) is 1.95. The van der Waals surface area contributed by atoms with Crippen LogP contribution in [-0.2, 0) is 13.0 Å². The van der Waals surface area contributed by atoms with Crippen LogP contribution in [0.5, 0.6) is 5.75 Å². The zero-order valence-corrected chi connectivity index (χ0v) is 16.2. The van der Waals surface area contributed by atoms with Crippen LogP contribution in [0, 0.1) is 0 Å². The van der Waals surface area contributed by atoms with Crippen molar-refractivity contribution < 1.29 is 26.6 Å². The SMILES string of the molecule is C[N+](C)(CCc1c[nH]c2ccc(O)cc12)Cc1cccc(Cl)c1.[Br-]. The van der Waals surface area contributed by atoms with Crippen LogP contribution in [0.2, 0.25) is 5.02 Å². The number of H-pyrrole nitrogens is 1. The van der Waals surface area contributed by atoms with Gasteiger partial charge in [0.25, 0.3) is 0 Å². The molecule has 1 heterocycles. The fourth-order valence-electron chi connectivity index (χ4n) is 3.00. The lowest BCUT2D eigenvalue weighted by molar-refractivity contribution is -0.903. The second-order valence-electron chi connectivity index (χ2n) is 6.74. The van der Waals surface area contributed by atoms with Crippen molar-refractivity contribution in [3.63, 3.8) is 0 Å². The summed E-state index contributed by atoms with van der Waals surface area (Å²) in [5, 5.41) is 11.6. The molecule has 24 heavy (non-hydrogen) atoms. The third kappa shape index (κ3) is 4.53. The Hall–Kier alpha value is -1.49. The minimum atomic E-state index is 0. The van der Waals surface area contributed by atoms with Crippen molar-refractivity contribution in [3.8, 4) is 5.75 Å². The van der Waals surface area contributed by atoms with Gasteiger partial charge in [0.1, 0.15) is 12.3 Å². The zero-order valence-electron chi connectivity index (χ0n) is 13.9. The van der Waals surface area contributed by atoms with Crippen molar-refractivity contribution in [3.05, 3.63) is 64.8 Å². The highest BCUT2D eigenvalue weighted by Gasteiger charge is 2.17. The number of likely N-dealkylation sites (N-methyl/N-ethyl adjacent to an activating group) is 1. The molecule has 0 atom stereocenters. The van der Waals surface area contributed by atoms with Crippen molar-refractivity contribution in [2.75, 3.05) is 20.6 Å². The number of aromatic nitrogens is 1. The molecule has 2 aromatic carbocycles. The van der Waals surface area contributed by atoms with Gasteiger partial charge < -0.3 is 31.6 Å². The number of nitrogens with zero attached hydrogens (tertiary/aromatic N) is 1. The van der Waals surface area contributed by atoms with E-state index in [0.29, 0.717) is 5.75 Å². The van der Waals surface area contributed by atoms with Gasteiger partial charge in [0.15, 0.2) is 0 Å². The number of hydrogen-bond donors (Lipinski definition) is 2. The van der Waals surface area contributed by atoms with E-state index in [2.05, 4.69) is 25.1 Å². The van der Waals surface area contributed by atoms with Crippen LogP contribution < -0.4 is 17.0 Å². The van der Waals surface area contributed by atoms with Crippen molar-refractivity contribution >= 4 is 22.5 Å². The minimum Gasteiger partial charge on any atom is -1.00 e. The van der Waals surface area contributed by atoms with E-state index < -0.39 is 0 Å². The molecule has 0 saturated carbocycles. The molecular formula is C19H22BrClN2O. The molecule has 0 spiro atoms. The maximum absolute atomic E-state index is 9.69. The second kappa shape index (κ2) is 7.60. The maximum Gasteiger partial charge on any atom is 0.116 e. The maximum atomic E-state index is 9.69. The number of phenolic OH excluding ortho intramolecular Hbond substituents is 1. The average molecular weight is 410 g/mol. The summed E-state index contributed by atoms with van der Waals surface area (Å²) in [6.07, 6.45) is 3.00. The van der Waals surface area contributed by atoms with Crippen LogP contribution in [0.4, 0.5) is 0 Å². The summed E-state index contributed by atoms with van der Waals surface area (Å²) in [6, 6.07) is 13.5. The van der Waals surface area contributed by atoms with Crippen molar-refractivity contribution in [1.29, 1.82) is 0 Å². The monoisotopic (exact) mass is 408 g/mol. The van der Waals surface area contributed by atoms with Gasteiger partial charge in [-0.25, -0.2) is 0 Å². The number of hydrogen-bond acceptors (Lipinski definition) is 1. The topological polar surface area (TPSA) is 36.0 Å². The van der Waals surface area contributed by atoms with E-state index in [-0.39, 0.29) is 17.0 Å². The predicted octanol–water partition coefficient (Wildman–Crippen LogP) is 1.35. The highest BCUT2D eigenvalue weighted by Crippen LogP contribution is 2.24. The molecule has 0 unspecified atom stereocenters. The Morgan fingerprint density at radius 1 is 1.12 bits per heavy atom. The average Bonchev–Trinajstić information content (AvgIpc) is 2.87. The minimum absolute atomic E-state index is 0. The van der Waals surface area contributed by atoms with Crippen molar-refractivity contribution in [2.45, 2.75) is 13.0 Å². The van der Waals surface area contributed by atoms with Crippen LogP contribution in [0.3, 0.4) is 0 Å². The number of rotatable bonds is 5. The van der Waals surface area contributed by atoms with Gasteiger partial charge in [0.05, 0.1) is 20.6 Å². The molecule has 0 aliphatic heterocycles. The van der Waals surface area contributed by atoms with Gasteiger partial charge in [-0.3, -0.25) is 0 Å². The largest absolute Gasteiger partial charge is 1.00 e. The fourth-order valence-corrected chi connectivity index (χ4v) is 3.22. The van der Waals surface area contributed by atoms with Gasteiger partial charge in [-0.1, -0.05) is 23.7 Å². The number of halogens is 2. The Labute approximate surface area is 158 Å². The van der Waals surface area contributed by atoms with E-state index in [4.69, 9.17) is 11.6 Å². The van der Waals surface area contributed by atoms with Crippen LogP contribution in [0.1, 0.15) is 11.1 Å². The summed E-state index contributed by atoms with van der Waals surface area (Å²) < 4.78 is 0.881. The lowest BCUT2D eigenvalue weighted by atomic mass is 10.1. The molecule has 0 aliphatic rings. The van der Waals surface area contributed by atoms with Gasteiger partial charge in [-0.05, 0) is 35.9 Å². The number of quaternary nitrogens is 1. The second-order valence-corrected chi connectivity index (χ2v) is 7.18. The molecule has 128 valence electrons. The van der Waals surface area contributed by atoms with Gasteiger partial charge in [-0.2, -0.15) is 0 Å². The van der Waals surface area contributed by atoms with E-state index in [1.54, 1.807) is 6.07 Å². The predicted molar refractivity (Wildman–Crippen MR) is 95.8 cm³/mol. The van der Waals surface area contributed by atoms with E-state index in [1.807, 2.05) is 36.5 Å². The summed E-state index contributed by atoms with van der Waals surface area (Å²) in [4.78, 5) is 3.27. The standard InChI is InChI=1S/C19H21ClN2O.BrH/c1-22(2,13-14-4-3-5-16(20)10-14)9-8-15-12-21-19-7-6-17(23)11-18(15)19;/h3-7,10-12,21H,8-9,13H2,1-2H3;1H. The number of aromatic amines is 1. The van der Waals surface area contributed by atoms with E-state index in [9.17, 15) is 5.11 Å². The van der Waals surface area contributed by atoms with Gasteiger partial charge in [0.2, 0.25) is 0 Å². The lowest BCUT2D eigenvalue weighted by Crippen LogP contribution is -3.00. The van der Waals surface area contributed by atoms with Crippen LogP contribution in [0.15, 0.2) is 48.7 Å². The van der Waals surface area contributed by atoms with Crippen LogP contribution in [0.25, 0.3) is 10.9 Å². The summed E-state index contributed by atoms with van der Waals surface area (Å²) >= 11 is 6.08. The number of fused-ring (bicyclic) bond motifs is 1. The molecule has 2 N–H and O–H groups in total. The first kappa shape index (κ1) is 18.8. The van der Waals surface area contributed by atoms with Gasteiger partial charge in [0, 0.05) is 34.1 Å². The smallest absolute Gasteiger partial charge is 0.116 e. The lowest BCUT2D eigenvalue weighted by Gasteiger charge is -2.30. The molecule has 0 fully saturated rings. The van der Waals surface area contributed by atoms with Crippen LogP contribution >= 0.6 is 11.6 Å². The number of nitrogens with one attached hydrogen (secondary N) is 1. The Morgan fingerprint density at radius 2 is 1.92 bits per heavy atom. The van der Waals surface area contributed by atoms with E-state index >= 15 is 0 Å². The molecule has 3 aromatic rings. The Bertz CT molecular complexity index is 829. The molecule has 0 saturated heterocycles. The summed E-state index contributed by atoms with van der Waals surface area (Å²) in [5.41, 5.74) is 3.56. The highest BCUT2D eigenvalue weighted by atomic mass is 79.9. The molecular weight excluding hydrogens is 388 g/mol. The molecule has 3 rings (SSSR count). The Kier molecular flexibility index (Phi) is 5.97. The molecule has 1 aromatic heterocycles. The first-order valence-corrected chi connectivity index (χ1v) is 8.16. The molecule has 0 amide bonds. The van der Waals surface area contributed by atoms with E-state index in [0.717, 1.165) is 39.9 Å². The highest BCUT2D eigenvalue weighted by molar-refractivity contribution is 6.30. The first-order chi connectivity index (χ1) is 10.9. The third-order valence-corrected chi connectivity index (χ3v) is 4.47.